The van der Waals surface area contributed by atoms with E-state index in [2.05, 4.69) is 10.3 Å². The number of carbonyl (C=O) groups excluding carboxylic acids is 1. The highest BCUT2D eigenvalue weighted by Gasteiger charge is 2.20. The van der Waals surface area contributed by atoms with Crippen molar-refractivity contribution in [3.63, 3.8) is 0 Å². The van der Waals surface area contributed by atoms with Crippen LogP contribution in [0.1, 0.15) is 17.5 Å². The predicted molar refractivity (Wildman–Crippen MR) is 103 cm³/mol. The standard InChI is InChI=1S/C20H19ClN2O3/c1-25-16-8-7-14(18(12-16)26-2)11-17-20(24)23-19(22-17)9-6-13-4-3-5-15(21)10-13/h3-5,7-8,10-12H,6,9H2,1-2H3,(H,22,23,24)/b17-11+. The lowest BCUT2D eigenvalue weighted by atomic mass is 10.1. The summed E-state index contributed by atoms with van der Waals surface area (Å²) < 4.78 is 10.5. The van der Waals surface area contributed by atoms with Crippen molar-refractivity contribution < 1.29 is 14.3 Å². The van der Waals surface area contributed by atoms with Gasteiger partial charge in [-0.3, -0.25) is 4.79 Å². The van der Waals surface area contributed by atoms with Crippen molar-refractivity contribution in [2.75, 3.05) is 14.2 Å². The van der Waals surface area contributed by atoms with Gasteiger partial charge >= 0.3 is 0 Å². The van der Waals surface area contributed by atoms with Crippen LogP contribution >= 0.6 is 11.6 Å². The normalized spacial score (nSPS) is 15.0. The van der Waals surface area contributed by atoms with E-state index in [-0.39, 0.29) is 5.91 Å². The van der Waals surface area contributed by atoms with Crippen molar-refractivity contribution in [2.45, 2.75) is 12.8 Å². The highest BCUT2D eigenvalue weighted by Crippen LogP contribution is 2.27. The van der Waals surface area contributed by atoms with Crippen LogP contribution in [-0.2, 0) is 11.2 Å². The monoisotopic (exact) mass is 370 g/mol. The predicted octanol–water partition coefficient (Wildman–Crippen LogP) is 3.86. The third-order valence-corrected chi connectivity index (χ3v) is 4.25. The largest absolute Gasteiger partial charge is 0.497 e. The second-order valence-electron chi connectivity index (χ2n) is 5.78. The summed E-state index contributed by atoms with van der Waals surface area (Å²) in [6, 6.07) is 13.1. The Hall–Kier alpha value is -2.79. The topological polar surface area (TPSA) is 59.9 Å². The van der Waals surface area contributed by atoms with Crippen LogP contribution in [0.15, 0.2) is 53.2 Å². The summed E-state index contributed by atoms with van der Waals surface area (Å²) in [4.78, 5) is 16.6. The van der Waals surface area contributed by atoms with Gasteiger partial charge in [0.1, 0.15) is 23.0 Å². The molecule has 2 aromatic rings. The molecule has 0 aromatic heterocycles. The number of halogens is 1. The Morgan fingerprint density at radius 2 is 1.96 bits per heavy atom. The van der Waals surface area contributed by atoms with Crippen molar-refractivity contribution in [3.05, 3.63) is 64.3 Å². The maximum Gasteiger partial charge on any atom is 0.275 e. The van der Waals surface area contributed by atoms with Gasteiger partial charge in [0.2, 0.25) is 0 Å². The van der Waals surface area contributed by atoms with Crippen LogP contribution in [0.4, 0.5) is 0 Å². The van der Waals surface area contributed by atoms with Crippen LogP contribution in [0.5, 0.6) is 11.5 Å². The molecule has 0 saturated carbocycles. The summed E-state index contributed by atoms with van der Waals surface area (Å²) in [5.74, 6) is 1.73. The minimum atomic E-state index is -0.219. The van der Waals surface area contributed by atoms with E-state index in [9.17, 15) is 4.79 Å². The van der Waals surface area contributed by atoms with Gasteiger partial charge in [-0.15, -0.1) is 0 Å². The fourth-order valence-electron chi connectivity index (χ4n) is 2.68. The molecular formula is C20H19ClN2O3. The first-order chi connectivity index (χ1) is 12.6. The number of ether oxygens (including phenoxy) is 2. The van der Waals surface area contributed by atoms with Crippen LogP contribution in [0.2, 0.25) is 5.02 Å². The molecule has 0 spiro atoms. The zero-order chi connectivity index (χ0) is 18.5. The van der Waals surface area contributed by atoms with E-state index in [0.717, 1.165) is 17.5 Å². The lowest BCUT2D eigenvalue weighted by Gasteiger charge is -2.07. The number of carbonyl (C=O) groups is 1. The number of hydrogen-bond donors (Lipinski definition) is 1. The molecule has 1 heterocycles. The Balaban J connectivity index is 1.76. The third-order valence-electron chi connectivity index (χ3n) is 4.02. The maximum absolute atomic E-state index is 12.2. The number of nitrogens with one attached hydrogen (secondary N) is 1. The molecule has 1 aliphatic rings. The van der Waals surface area contributed by atoms with Gasteiger partial charge in [-0.25, -0.2) is 4.99 Å². The molecule has 0 fully saturated rings. The van der Waals surface area contributed by atoms with E-state index < -0.39 is 0 Å². The highest BCUT2D eigenvalue weighted by atomic mass is 35.5. The molecule has 5 nitrogen and oxygen atoms in total. The van der Waals surface area contributed by atoms with Gasteiger partial charge in [-0.05, 0) is 42.3 Å². The highest BCUT2D eigenvalue weighted by molar-refractivity contribution is 6.30. The van der Waals surface area contributed by atoms with Gasteiger partial charge < -0.3 is 14.8 Å². The lowest BCUT2D eigenvalue weighted by molar-refractivity contribution is -0.115. The second-order valence-corrected chi connectivity index (χ2v) is 6.22. The Kier molecular flexibility index (Phi) is 5.58. The van der Waals surface area contributed by atoms with E-state index in [4.69, 9.17) is 21.1 Å². The molecule has 1 amide bonds. The van der Waals surface area contributed by atoms with E-state index in [1.807, 2.05) is 36.4 Å². The van der Waals surface area contributed by atoms with E-state index in [0.29, 0.717) is 34.5 Å². The van der Waals surface area contributed by atoms with Crippen molar-refractivity contribution in [3.8, 4) is 11.5 Å². The summed E-state index contributed by atoms with van der Waals surface area (Å²) >= 11 is 6.00. The second kappa shape index (κ2) is 8.06. The summed E-state index contributed by atoms with van der Waals surface area (Å²) in [5.41, 5.74) is 2.22. The molecule has 0 saturated heterocycles. The van der Waals surface area contributed by atoms with Gasteiger partial charge in [0.15, 0.2) is 0 Å². The number of amides is 1. The van der Waals surface area contributed by atoms with Crippen LogP contribution in [0.3, 0.4) is 0 Å². The summed E-state index contributed by atoms with van der Waals surface area (Å²) in [6.07, 6.45) is 3.09. The summed E-state index contributed by atoms with van der Waals surface area (Å²) in [5, 5.41) is 3.51. The van der Waals surface area contributed by atoms with Gasteiger partial charge in [-0.1, -0.05) is 23.7 Å². The number of hydrogen-bond acceptors (Lipinski definition) is 4. The molecule has 0 bridgehead atoms. The van der Waals surface area contributed by atoms with Crippen molar-refractivity contribution in [1.82, 2.24) is 5.32 Å². The van der Waals surface area contributed by atoms with Gasteiger partial charge in [0.05, 0.1) is 14.2 Å². The smallest absolute Gasteiger partial charge is 0.275 e. The van der Waals surface area contributed by atoms with Gasteiger partial charge in [0.25, 0.3) is 5.91 Å². The first-order valence-electron chi connectivity index (χ1n) is 8.16. The minimum Gasteiger partial charge on any atom is -0.497 e. The average Bonchev–Trinajstić information content (AvgIpc) is 3.00. The molecule has 0 aliphatic carbocycles. The molecule has 2 aromatic carbocycles. The molecule has 6 heteroatoms. The molecule has 134 valence electrons. The average molecular weight is 371 g/mol. The quantitative estimate of drug-likeness (QED) is 0.785. The van der Waals surface area contributed by atoms with E-state index in [1.54, 1.807) is 26.4 Å². The number of amidine groups is 1. The number of aliphatic imine (C=N–C) groups is 1. The van der Waals surface area contributed by atoms with Gasteiger partial charge in [-0.2, -0.15) is 0 Å². The Bertz CT molecular complexity index is 890. The zero-order valence-corrected chi connectivity index (χ0v) is 15.3. The van der Waals surface area contributed by atoms with Crippen LogP contribution in [-0.4, -0.2) is 26.0 Å². The molecule has 0 radical (unpaired) electrons. The molecule has 1 aliphatic heterocycles. The van der Waals surface area contributed by atoms with Crippen molar-refractivity contribution >= 4 is 29.4 Å². The van der Waals surface area contributed by atoms with Crippen LogP contribution in [0.25, 0.3) is 6.08 Å². The van der Waals surface area contributed by atoms with Crippen LogP contribution < -0.4 is 14.8 Å². The van der Waals surface area contributed by atoms with Crippen molar-refractivity contribution in [2.24, 2.45) is 4.99 Å². The van der Waals surface area contributed by atoms with Crippen LogP contribution in [0, 0.1) is 0 Å². The number of aryl methyl sites for hydroxylation is 1. The maximum atomic E-state index is 12.2. The third kappa shape index (κ3) is 4.24. The van der Waals surface area contributed by atoms with Gasteiger partial charge in [0, 0.05) is 23.1 Å². The number of nitrogens with zero attached hydrogens (tertiary/aromatic N) is 1. The van der Waals surface area contributed by atoms with E-state index in [1.165, 1.54) is 0 Å². The Morgan fingerprint density at radius 3 is 2.69 bits per heavy atom. The fraction of sp³-hybridized carbons (Fsp3) is 0.200. The summed E-state index contributed by atoms with van der Waals surface area (Å²) in [6.45, 7) is 0. The zero-order valence-electron chi connectivity index (χ0n) is 14.6. The van der Waals surface area contributed by atoms with E-state index >= 15 is 0 Å². The molecule has 3 rings (SSSR count). The molecular weight excluding hydrogens is 352 g/mol. The molecule has 0 atom stereocenters. The SMILES string of the molecule is COc1ccc(/C=C2/N=C(CCc3cccc(Cl)c3)NC2=O)c(OC)c1. The minimum absolute atomic E-state index is 0.219. The number of rotatable bonds is 6. The molecule has 1 N–H and O–H groups in total. The fourth-order valence-corrected chi connectivity index (χ4v) is 2.89. The molecule has 26 heavy (non-hydrogen) atoms. The lowest BCUT2D eigenvalue weighted by Crippen LogP contribution is -2.24. The van der Waals surface area contributed by atoms with Crippen molar-refractivity contribution in [1.29, 1.82) is 0 Å². The Labute approximate surface area is 157 Å². The number of methoxy groups -OCH3 is 2. The molecule has 0 unspecified atom stereocenters. The first kappa shape index (κ1) is 18.0. The number of benzene rings is 2. The summed E-state index contributed by atoms with van der Waals surface area (Å²) in [7, 11) is 3.17. The Morgan fingerprint density at radius 1 is 1.12 bits per heavy atom. The first-order valence-corrected chi connectivity index (χ1v) is 8.54.